The fraction of sp³-hybridized carbons (Fsp3) is 0.750. The van der Waals surface area contributed by atoms with Gasteiger partial charge in [0.15, 0.2) is 0 Å². The first-order valence-corrected chi connectivity index (χ1v) is 9.57. The minimum atomic E-state index is 0.0229. The molecule has 1 saturated heterocycles. The van der Waals surface area contributed by atoms with Gasteiger partial charge in [0.1, 0.15) is 0 Å². The minimum Gasteiger partial charge on any atom is -0.348 e. The number of aryl methyl sites for hydroxylation is 1. The van der Waals surface area contributed by atoms with Crippen LogP contribution in [0.2, 0.25) is 0 Å². The van der Waals surface area contributed by atoms with Crippen LogP contribution in [0.5, 0.6) is 0 Å². The van der Waals surface area contributed by atoms with Crippen molar-refractivity contribution < 1.29 is 4.79 Å². The fourth-order valence-corrected chi connectivity index (χ4v) is 3.89. The second-order valence-electron chi connectivity index (χ2n) is 6.59. The molecule has 1 aliphatic heterocycles. The third kappa shape index (κ3) is 3.84. The van der Waals surface area contributed by atoms with E-state index in [1.54, 1.807) is 17.1 Å². The van der Waals surface area contributed by atoms with E-state index in [0.29, 0.717) is 17.5 Å². The average molecular weight is 322 g/mol. The zero-order valence-electron chi connectivity index (χ0n) is 13.5. The summed E-state index contributed by atoms with van der Waals surface area (Å²) in [4.78, 5) is 14.9. The van der Waals surface area contributed by atoms with Crippen LogP contribution in [0.1, 0.15) is 29.6 Å². The lowest BCUT2D eigenvalue weighted by molar-refractivity contribution is 0.0928. The first-order valence-electron chi connectivity index (χ1n) is 8.18. The number of carbonyl (C=O) groups excluding carboxylic acids is 1. The van der Waals surface area contributed by atoms with Crippen LogP contribution in [0.25, 0.3) is 0 Å². The van der Waals surface area contributed by atoms with Crippen LogP contribution in [-0.2, 0) is 7.05 Å². The number of rotatable bonds is 7. The SMILES string of the molecule is CSCCCN1C[C@H](NC(=O)c2cnn(C)c2)[C@@H](C2CC2)C1. The van der Waals surface area contributed by atoms with Crippen LogP contribution in [-0.4, -0.2) is 58.3 Å². The quantitative estimate of drug-likeness (QED) is 0.775. The fourth-order valence-electron chi connectivity index (χ4n) is 3.47. The second kappa shape index (κ2) is 7.04. The highest BCUT2D eigenvalue weighted by atomic mass is 32.2. The first kappa shape index (κ1) is 15.9. The van der Waals surface area contributed by atoms with Crippen molar-refractivity contribution >= 4 is 17.7 Å². The van der Waals surface area contributed by atoms with Gasteiger partial charge in [-0.2, -0.15) is 16.9 Å². The summed E-state index contributed by atoms with van der Waals surface area (Å²) < 4.78 is 1.68. The van der Waals surface area contributed by atoms with E-state index in [-0.39, 0.29) is 5.91 Å². The molecule has 1 saturated carbocycles. The standard InChI is InChI=1S/C16H26N4OS/c1-19-9-13(8-17-19)16(21)18-15-11-20(6-3-7-22-2)10-14(15)12-4-5-12/h8-9,12,14-15H,3-7,10-11H2,1-2H3,(H,18,21)/t14-,15+/m1/s1. The van der Waals surface area contributed by atoms with Gasteiger partial charge in [0.25, 0.3) is 5.91 Å². The lowest BCUT2D eigenvalue weighted by Crippen LogP contribution is -2.41. The van der Waals surface area contributed by atoms with Crippen molar-refractivity contribution in [3.05, 3.63) is 18.0 Å². The van der Waals surface area contributed by atoms with Crippen LogP contribution in [0, 0.1) is 11.8 Å². The van der Waals surface area contributed by atoms with E-state index in [2.05, 4.69) is 21.6 Å². The maximum Gasteiger partial charge on any atom is 0.254 e. The Morgan fingerprint density at radius 2 is 2.27 bits per heavy atom. The summed E-state index contributed by atoms with van der Waals surface area (Å²) in [6, 6.07) is 0.300. The maximum absolute atomic E-state index is 12.4. The molecule has 1 aromatic heterocycles. The molecule has 6 heteroatoms. The Balaban J connectivity index is 1.57. The molecule has 1 amide bonds. The number of aromatic nitrogens is 2. The van der Waals surface area contributed by atoms with Gasteiger partial charge in [-0.05, 0) is 49.7 Å². The van der Waals surface area contributed by atoms with Gasteiger partial charge < -0.3 is 10.2 Å². The Kier molecular flexibility index (Phi) is 5.08. The highest BCUT2D eigenvalue weighted by Crippen LogP contribution is 2.41. The smallest absolute Gasteiger partial charge is 0.254 e. The zero-order chi connectivity index (χ0) is 15.5. The summed E-state index contributed by atoms with van der Waals surface area (Å²) in [6.45, 7) is 3.31. The van der Waals surface area contributed by atoms with Crippen LogP contribution < -0.4 is 5.32 Å². The molecule has 1 aromatic rings. The molecule has 1 N–H and O–H groups in total. The third-order valence-electron chi connectivity index (χ3n) is 4.77. The number of likely N-dealkylation sites (tertiary alicyclic amines) is 1. The lowest BCUT2D eigenvalue weighted by atomic mass is 9.98. The average Bonchev–Trinajstić information content (AvgIpc) is 3.12. The van der Waals surface area contributed by atoms with E-state index < -0.39 is 0 Å². The van der Waals surface area contributed by atoms with Crippen molar-refractivity contribution in [1.29, 1.82) is 0 Å². The van der Waals surface area contributed by atoms with Gasteiger partial charge >= 0.3 is 0 Å². The zero-order valence-corrected chi connectivity index (χ0v) is 14.3. The van der Waals surface area contributed by atoms with Crippen LogP contribution in [0.15, 0.2) is 12.4 Å². The first-order chi connectivity index (χ1) is 10.7. The number of amides is 1. The van der Waals surface area contributed by atoms with Gasteiger partial charge in [-0.3, -0.25) is 9.48 Å². The molecule has 1 aliphatic carbocycles. The van der Waals surface area contributed by atoms with Crippen LogP contribution >= 0.6 is 11.8 Å². The molecule has 0 spiro atoms. The molecule has 5 nitrogen and oxygen atoms in total. The normalized spacial score (nSPS) is 25.5. The Bertz CT molecular complexity index is 514. The van der Waals surface area contributed by atoms with Crippen molar-refractivity contribution in [1.82, 2.24) is 20.0 Å². The van der Waals surface area contributed by atoms with Gasteiger partial charge in [-0.25, -0.2) is 0 Å². The van der Waals surface area contributed by atoms with Gasteiger partial charge in [0, 0.05) is 32.4 Å². The number of hydrogen-bond acceptors (Lipinski definition) is 4. The van der Waals surface area contributed by atoms with E-state index in [4.69, 9.17) is 0 Å². The Morgan fingerprint density at radius 3 is 2.91 bits per heavy atom. The topological polar surface area (TPSA) is 50.2 Å². The number of hydrogen-bond donors (Lipinski definition) is 1. The van der Waals surface area contributed by atoms with Crippen LogP contribution in [0.3, 0.4) is 0 Å². The van der Waals surface area contributed by atoms with Crippen molar-refractivity contribution in [3.8, 4) is 0 Å². The summed E-state index contributed by atoms with van der Waals surface area (Å²) in [5.41, 5.74) is 0.665. The molecule has 0 bridgehead atoms. The monoisotopic (exact) mass is 322 g/mol. The molecule has 22 heavy (non-hydrogen) atoms. The van der Waals surface area contributed by atoms with Crippen molar-refractivity contribution in [2.24, 2.45) is 18.9 Å². The summed E-state index contributed by atoms with van der Waals surface area (Å²) in [6.07, 6.45) is 9.50. The molecule has 2 aliphatic rings. The molecule has 0 radical (unpaired) electrons. The largest absolute Gasteiger partial charge is 0.348 e. The molecule has 2 heterocycles. The van der Waals surface area contributed by atoms with Gasteiger partial charge in [0.05, 0.1) is 11.8 Å². The number of carbonyl (C=O) groups is 1. The highest BCUT2D eigenvalue weighted by Gasteiger charge is 2.42. The molecular formula is C16H26N4OS. The Labute approximate surface area is 136 Å². The van der Waals surface area contributed by atoms with E-state index in [1.807, 2.05) is 18.8 Å². The highest BCUT2D eigenvalue weighted by molar-refractivity contribution is 7.98. The van der Waals surface area contributed by atoms with E-state index in [1.165, 1.54) is 25.0 Å². The molecule has 122 valence electrons. The molecular weight excluding hydrogens is 296 g/mol. The summed E-state index contributed by atoms with van der Waals surface area (Å²) in [7, 11) is 1.84. The summed E-state index contributed by atoms with van der Waals surface area (Å²) in [5, 5.41) is 7.35. The van der Waals surface area contributed by atoms with Gasteiger partial charge in [-0.1, -0.05) is 0 Å². The number of nitrogens with zero attached hydrogens (tertiary/aromatic N) is 3. The third-order valence-corrected chi connectivity index (χ3v) is 5.47. The van der Waals surface area contributed by atoms with Gasteiger partial charge in [-0.15, -0.1) is 0 Å². The van der Waals surface area contributed by atoms with E-state index in [9.17, 15) is 4.79 Å². The maximum atomic E-state index is 12.4. The van der Waals surface area contributed by atoms with Crippen LogP contribution in [0.4, 0.5) is 0 Å². The Hall–Kier alpha value is -1.01. The molecule has 3 rings (SSSR count). The Morgan fingerprint density at radius 1 is 1.45 bits per heavy atom. The number of thioether (sulfide) groups is 1. The van der Waals surface area contributed by atoms with Crippen molar-refractivity contribution in [3.63, 3.8) is 0 Å². The number of nitrogens with one attached hydrogen (secondary N) is 1. The molecule has 2 atom stereocenters. The van der Waals surface area contributed by atoms with Crippen molar-refractivity contribution in [2.45, 2.75) is 25.3 Å². The van der Waals surface area contributed by atoms with Gasteiger partial charge in [0.2, 0.25) is 0 Å². The molecule has 2 fully saturated rings. The predicted molar refractivity (Wildman–Crippen MR) is 90.1 cm³/mol. The summed E-state index contributed by atoms with van der Waals surface area (Å²) in [5.74, 6) is 2.70. The lowest BCUT2D eigenvalue weighted by Gasteiger charge is -2.19. The second-order valence-corrected chi connectivity index (χ2v) is 7.58. The molecule has 0 aromatic carbocycles. The van der Waals surface area contributed by atoms with E-state index in [0.717, 1.165) is 25.6 Å². The minimum absolute atomic E-state index is 0.0229. The van der Waals surface area contributed by atoms with Crippen molar-refractivity contribution in [2.75, 3.05) is 31.6 Å². The summed E-state index contributed by atoms with van der Waals surface area (Å²) >= 11 is 1.91. The molecule has 0 unspecified atom stereocenters. The predicted octanol–water partition coefficient (Wildman–Crippen LogP) is 1.61. The van der Waals surface area contributed by atoms with E-state index >= 15 is 0 Å².